The van der Waals surface area contributed by atoms with Crippen molar-refractivity contribution in [3.05, 3.63) is 41.7 Å². The van der Waals surface area contributed by atoms with Crippen LogP contribution in [0.3, 0.4) is 0 Å². The van der Waals surface area contributed by atoms with Crippen molar-refractivity contribution in [3.63, 3.8) is 0 Å². The highest BCUT2D eigenvalue weighted by Gasteiger charge is 2.12. The molecule has 0 aliphatic carbocycles. The number of nitrogens with zero attached hydrogens (tertiary/aromatic N) is 1. The van der Waals surface area contributed by atoms with Gasteiger partial charge in [-0.05, 0) is 24.6 Å². The zero-order valence-corrected chi connectivity index (χ0v) is 12.7. The minimum Gasteiger partial charge on any atom is -0.493 e. The predicted octanol–water partition coefficient (Wildman–Crippen LogP) is 3.28. The first kappa shape index (κ1) is 14.5. The number of pyridine rings is 1. The molecule has 0 spiro atoms. The van der Waals surface area contributed by atoms with E-state index in [4.69, 9.17) is 15.2 Å². The molecule has 5 heteroatoms. The number of hydrogen-bond donors (Lipinski definition) is 1. The number of ether oxygens (including phenoxy) is 2. The summed E-state index contributed by atoms with van der Waals surface area (Å²) in [6.07, 6.45) is 1.73. The molecule has 106 valence electrons. The molecule has 0 unspecified atom stereocenters. The number of hydrogen-bond acceptors (Lipinski definition) is 5. The molecule has 0 fully saturated rings. The first-order chi connectivity index (χ1) is 9.65. The second kappa shape index (κ2) is 6.52. The molecule has 0 atom stereocenters. The minimum absolute atomic E-state index is 0.684. The van der Waals surface area contributed by atoms with Crippen LogP contribution in [0.25, 0.3) is 0 Å². The van der Waals surface area contributed by atoms with E-state index >= 15 is 0 Å². The van der Waals surface area contributed by atoms with E-state index in [9.17, 15) is 0 Å². The highest BCUT2D eigenvalue weighted by molar-refractivity contribution is 7.98. The number of aromatic nitrogens is 1. The summed E-state index contributed by atoms with van der Waals surface area (Å²) in [6.45, 7) is 2.07. The number of nitrogens with two attached hydrogens (primary N) is 1. The number of methoxy groups -OCH3 is 2. The van der Waals surface area contributed by atoms with E-state index in [1.54, 1.807) is 38.2 Å². The summed E-state index contributed by atoms with van der Waals surface area (Å²) in [5.74, 6) is 2.08. The first-order valence-electron chi connectivity index (χ1n) is 6.20. The van der Waals surface area contributed by atoms with Gasteiger partial charge in [0.15, 0.2) is 11.5 Å². The molecular formula is C15H18N2O2S. The van der Waals surface area contributed by atoms with E-state index in [-0.39, 0.29) is 0 Å². The third-order valence-electron chi connectivity index (χ3n) is 2.94. The SMILES string of the molecule is COc1ccnc(CSc2cc(N)ccc2C)c1OC. The number of aryl methyl sites for hydroxylation is 1. The van der Waals surface area contributed by atoms with E-state index in [1.165, 1.54) is 5.56 Å². The van der Waals surface area contributed by atoms with Crippen molar-refractivity contribution in [3.8, 4) is 11.5 Å². The normalized spacial score (nSPS) is 10.3. The standard InChI is InChI=1S/C15H18N2O2S/c1-10-4-5-11(16)8-14(10)20-9-12-15(19-3)13(18-2)6-7-17-12/h4-8H,9,16H2,1-3H3. The summed E-state index contributed by atoms with van der Waals surface area (Å²) in [5.41, 5.74) is 8.65. The number of benzene rings is 1. The molecule has 0 aliphatic rings. The van der Waals surface area contributed by atoms with Crippen LogP contribution in [0, 0.1) is 6.92 Å². The second-order valence-corrected chi connectivity index (χ2v) is 5.32. The molecule has 0 bridgehead atoms. The molecule has 0 saturated carbocycles. The molecule has 0 amide bonds. The summed E-state index contributed by atoms with van der Waals surface area (Å²) in [5, 5.41) is 0. The lowest BCUT2D eigenvalue weighted by Gasteiger charge is -2.12. The number of thioether (sulfide) groups is 1. The highest BCUT2D eigenvalue weighted by atomic mass is 32.2. The smallest absolute Gasteiger partial charge is 0.183 e. The van der Waals surface area contributed by atoms with Crippen LogP contribution in [0.15, 0.2) is 35.4 Å². The van der Waals surface area contributed by atoms with E-state index in [2.05, 4.69) is 11.9 Å². The first-order valence-corrected chi connectivity index (χ1v) is 7.19. The molecule has 4 nitrogen and oxygen atoms in total. The lowest BCUT2D eigenvalue weighted by Crippen LogP contribution is -1.98. The van der Waals surface area contributed by atoms with Crippen LogP contribution in [-0.2, 0) is 5.75 Å². The van der Waals surface area contributed by atoms with Crippen LogP contribution in [0.4, 0.5) is 5.69 Å². The largest absolute Gasteiger partial charge is 0.493 e. The maximum atomic E-state index is 5.82. The fourth-order valence-electron chi connectivity index (χ4n) is 1.87. The van der Waals surface area contributed by atoms with Crippen LogP contribution >= 0.6 is 11.8 Å². The van der Waals surface area contributed by atoms with E-state index in [0.717, 1.165) is 16.3 Å². The monoisotopic (exact) mass is 290 g/mol. The van der Waals surface area contributed by atoms with Gasteiger partial charge in [0.2, 0.25) is 0 Å². The Kier molecular flexibility index (Phi) is 4.74. The van der Waals surface area contributed by atoms with Gasteiger partial charge in [0.1, 0.15) is 0 Å². The molecule has 2 N–H and O–H groups in total. The van der Waals surface area contributed by atoms with Crippen LogP contribution < -0.4 is 15.2 Å². The second-order valence-electron chi connectivity index (χ2n) is 4.31. The van der Waals surface area contributed by atoms with Gasteiger partial charge in [0, 0.05) is 28.6 Å². The van der Waals surface area contributed by atoms with E-state index < -0.39 is 0 Å². The summed E-state index contributed by atoms with van der Waals surface area (Å²) in [7, 11) is 3.25. The van der Waals surface area contributed by atoms with Crippen molar-refractivity contribution >= 4 is 17.4 Å². The summed E-state index contributed by atoms with van der Waals surface area (Å²) >= 11 is 1.68. The lowest BCUT2D eigenvalue weighted by molar-refractivity contribution is 0.350. The molecule has 20 heavy (non-hydrogen) atoms. The molecule has 1 aromatic heterocycles. The van der Waals surface area contributed by atoms with Crippen molar-refractivity contribution in [1.29, 1.82) is 0 Å². The van der Waals surface area contributed by atoms with Gasteiger partial charge >= 0.3 is 0 Å². The van der Waals surface area contributed by atoms with Gasteiger partial charge in [-0.3, -0.25) is 4.98 Å². The zero-order chi connectivity index (χ0) is 14.5. The number of anilines is 1. The summed E-state index contributed by atoms with van der Waals surface area (Å²) in [4.78, 5) is 5.52. The Balaban J connectivity index is 2.20. The molecule has 1 heterocycles. The van der Waals surface area contributed by atoms with Gasteiger partial charge in [0.05, 0.1) is 19.9 Å². The Morgan fingerprint density at radius 3 is 2.70 bits per heavy atom. The molecule has 2 rings (SSSR count). The third kappa shape index (κ3) is 3.17. The third-order valence-corrected chi connectivity index (χ3v) is 4.11. The minimum atomic E-state index is 0.684. The van der Waals surface area contributed by atoms with Gasteiger partial charge in [-0.15, -0.1) is 11.8 Å². The molecule has 2 aromatic rings. The van der Waals surface area contributed by atoms with Crippen molar-refractivity contribution in [2.75, 3.05) is 20.0 Å². The fourth-order valence-corrected chi connectivity index (χ4v) is 2.88. The molecule has 0 aliphatic heterocycles. The van der Waals surface area contributed by atoms with Crippen LogP contribution in [0.2, 0.25) is 0 Å². The van der Waals surface area contributed by atoms with Gasteiger partial charge in [-0.2, -0.15) is 0 Å². The fraction of sp³-hybridized carbons (Fsp3) is 0.267. The van der Waals surface area contributed by atoms with Crippen molar-refractivity contribution in [2.24, 2.45) is 0 Å². The van der Waals surface area contributed by atoms with Crippen LogP contribution in [0.1, 0.15) is 11.3 Å². The molecular weight excluding hydrogens is 272 g/mol. The van der Waals surface area contributed by atoms with E-state index in [1.807, 2.05) is 18.2 Å². The number of rotatable bonds is 5. The predicted molar refractivity (Wildman–Crippen MR) is 82.5 cm³/mol. The van der Waals surface area contributed by atoms with Gasteiger partial charge in [-0.1, -0.05) is 6.07 Å². The van der Waals surface area contributed by atoms with Gasteiger partial charge in [0.25, 0.3) is 0 Å². The maximum absolute atomic E-state index is 5.82. The Bertz CT molecular complexity index is 602. The molecule has 0 radical (unpaired) electrons. The summed E-state index contributed by atoms with van der Waals surface area (Å²) < 4.78 is 10.7. The lowest BCUT2D eigenvalue weighted by atomic mass is 10.2. The van der Waals surface area contributed by atoms with E-state index in [0.29, 0.717) is 17.3 Å². The molecule has 1 aromatic carbocycles. The van der Waals surface area contributed by atoms with Gasteiger partial charge in [-0.25, -0.2) is 0 Å². The topological polar surface area (TPSA) is 57.4 Å². The Hall–Kier alpha value is -1.88. The van der Waals surface area contributed by atoms with Crippen molar-refractivity contribution in [1.82, 2.24) is 4.98 Å². The Morgan fingerprint density at radius 2 is 2.00 bits per heavy atom. The number of nitrogen functional groups attached to an aromatic ring is 1. The van der Waals surface area contributed by atoms with Crippen LogP contribution in [-0.4, -0.2) is 19.2 Å². The quantitative estimate of drug-likeness (QED) is 0.676. The summed E-state index contributed by atoms with van der Waals surface area (Å²) in [6, 6.07) is 7.70. The van der Waals surface area contributed by atoms with Gasteiger partial charge < -0.3 is 15.2 Å². The van der Waals surface area contributed by atoms with Crippen molar-refractivity contribution < 1.29 is 9.47 Å². The highest BCUT2D eigenvalue weighted by Crippen LogP contribution is 2.34. The maximum Gasteiger partial charge on any atom is 0.183 e. The van der Waals surface area contributed by atoms with Crippen LogP contribution in [0.5, 0.6) is 11.5 Å². The Labute approximate surface area is 123 Å². The average Bonchev–Trinajstić information content (AvgIpc) is 2.47. The molecule has 0 saturated heterocycles. The average molecular weight is 290 g/mol. The Morgan fingerprint density at radius 1 is 1.20 bits per heavy atom. The zero-order valence-electron chi connectivity index (χ0n) is 11.8. The van der Waals surface area contributed by atoms with Crippen molar-refractivity contribution in [2.45, 2.75) is 17.6 Å².